The number of hydrogen-bond acceptors (Lipinski definition) is 3. The zero-order chi connectivity index (χ0) is 11.5. The first kappa shape index (κ1) is 11.4. The number of benzene rings is 1. The topological polar surface area (TPSA) is 26.3 Å². The van der Waals surface area contributed by atoms with E-state index in [1.54, 1.807) is 7.11 Å². The van der Waals surface area contributed by atoms with E-state index in [1.165, 1.54) is 11.3 Å². The lowest BCUT2D eigenvalue weighted by atomic mass is 10.2. The van der Waals surface area contributed by atoms with E-state index in [9.17, 15) is 4.79 Å². The average molecular weight is 297 g/mol. The van der Waals surface area contributed by atoms with Crippen LogP contribution in [0, 0.1) is 0 Å². The van der Waals surface area contributed by atoms with Crippen LogP contribution in [-0.4, -0.2) is 13.4 Å². The van der Waals surface area contributed by atoms with Gasteiger partial charge in [0.25, 0.3) is 0 Å². The SMILES string of the molecule is COc1cc(-c2ccc(C=O)s2)ccc1Br. The minimum absolute atomic E-state index is 0.733. The molecule has 0 atom stereocenters. The van der Waals surface area contributed by atoms with Gasteiger partial charge in [-0.25, -0.2) is 0 Å². The number of rotatable bonds is 3. The molecule has 0 unspecified atom stereocenters. The molecule has 0 bridgehead atoms. The summed E-state index contributed by atoms with van der Waals surface area (Å²) in [6, 6.07) is 9.64. The van der Waals surface area contributed by atoms with E-state index in [0.717, 1.165) is 31.8 Å². The Kier molecular flexibility index (Phi) is 3.41. The fraction of sp³-hybridized carbons (Fsp3) is 0.0833. The Balaban J connectivity index is 2.43. The van der Waals surface area contributed by atoms with Crippen molar-refractivity contribution >= 4 is 33.6 Å². The number of methoxy groups -OCH3 is 1. The fourth-order valence-electron chi connectivity index (χ4n) is 1.38. The third-order valence-corrected chi connectivity index (χ3v) is 3.89. The highest BCUT2D eigenvalue weighted by molar-refractivity contribution is 9.10. The van der Waals surface area contributed by atoms with Crippen LogP contribution in [0.3, 0.4) is 0 Å². The van der Waals surface area contributed by atoms with E-state index in [-0.39, 0.29) is 0 Å². The summed E-state index contributed by atoms with van der Waals surface area (Å²) in [6.07, 6.45) is 0.865. The zero-order valence-electron chi connectivity index (χ0n) is 8.57. The molecule has 0 saturated heterocycles. The second-order valence-electron chi connectivity index (χ2n) is 3.17. The van der Waals surface area contributed by atoms with Gasteiger partial charge in [-0.1, -0.05) is 6.07 Å². The predicted octanol–water partition coefficient (Wildman–Crippen LogP) is 4.00. The standard InChI is InChI=1S/C12H9BrO2S/c1-15-11-6-8(2-4-10(11)13)12-5-3-9(7-14)16-12/h2-7H,1H3. The summed E-state index contributed by atoms with van der Waals surface area (Å²) in [5.41, 5.74) is 1.05. The first-order chi connectivity index (χ1) is 7.74. The van der Waals surface area contributed by atoms with Crippen LogP contribution in [0.25, 0.3) is 10.4 Å². The van der Waals surface area contributed by atoms with E-state index >= 15 is 0 Å². The number of thiophene rings is 1. The Hall–Kier alpha value is -1.13. The molecule has 0 fully saturated rings. The van der Waals surface area contributed by atoms with Crippen LogP contribution < -0.4 is 4.74 Å². The molecule has 2 nitrogen and oxygen atoms in total. The maximum atomic E-state index is 10.6. The number of halogens is 1. The molecule has 2 rings (SSSR count). The van der Waals surface area contributed by atoms with Gasteiger partial charge in [-0.2, -0.15) is 0 Å². The molecule has 0 amide bonds. The van der Waals surface area contributed by atoms with Crippen molar-refractivity contribution in [2.75, 3.05) is 7.11 Å². The van der Waals surface area contributed by atoms with Crippen molar-refractivity contribution in [3.8, 4) is 16.2 Å². The van der Waals surface area contributed by atoms with Gasteiger partial charge >= 0.3 is 0 Å². The molecular weight excluding hydrogens is 288 g/mol. The molecule has 0 saturated carbocycles. The van der Waals surface area contributed by atoms with Crippen molar-refractivity contribution in [1.82, 2.24) is 0 Å². The van der Waals surface area contributed by atoms with Crippen LogP contribution in [0.4, 0.5) is 0 Å². The lowest BCUT2D eigenvalue weighted by Crippen LogP contribution is -1.84. The maximum Gasteiger partial charge on any atom is 0.160 e. The summed E-state index contributed by atoms with van der Waals surface area (Å²) in [7, 11) is 1.63. The molecule has 0 aliphatic heterocycles. The van der Waals surface area contributed by atoms with Gasteiger partial charge in [-0.15, -0.1) is 11.3 Å². The molecule has 0 spiro atoms. The molecule has 0 aliphatic rings. The highest BCUT2D eigenvalue weighted by atomic mass is 79.9. The number of hydrogen-bond donors (Lipinski definition) is 0. The molecule has 2 aromatic rings. The molecule has 0 N–H and O–H groups in total. The van der Waals surface area contributed by atoms with Crippen molar-refractivity contribution in [1.29, 1.82) is 0 Å². The largest absolute Gasteiger partial charge is 0.496 e. The lowest BCUT2D eigenvalue weighted by molar-refractivity contribution is 0.112. The summed E-state index contributed by atoms with van der Waals surface area (Å²) < 4.78 is 6.15. The molecular formula is C12H9BrO2S. The number of aldehydes is 1. The van der Waals surface area contributed by atoms with Gasteiger partial charge in [0.05, 0.1) is 16.5 Å². The monoisotopic (exact) mass is 296 g/mol. The minimum atomic E-state index is 0.733. The third kappa shape index (κ3) is 2.18. The molecule has 0 radical (unpaired) electrons. The van der Waals surface area contributed by atoms with Gasteiger partial charge in [-0.3, -0.25) is 4.79 Å². The molecule has 0 aliphatic carbocycles. The van der Waals surface area contributed by atoms with E-state index < -0.39 is 0 Å². The van der Waals surface area contributed by atoms with Crippen LogP contribution in [0.15, 0.2) is 34.8 Å². The van der Waals surface area contributed by atoms with Crippen molar-refractivity contribution in [2.24, 2.45) is 0 Å². The molecule has 1 aromatic carbocycles. The predicted molar refractivity (Wildman–Crippen MR) is 69.4 cm³/mol. The number of carbonyl (C=O) groups excluding carboxylic acids is 1. The van der Waals surface area contributed by atoms with E-state index in [1.807, 2.05) is 30.3 Å². The quantitative estimate of drug-likeness (QED) is 0.800. The van der Waals surface area contributed by atoms with E-state index in [2.05, 4.69) is 15.9 Å². The van der Waals surface area contributed by atoms with Crippen LogP contribution in [0.2, 0.25) is 0 Å². The average Bonchev–Trinajstić information content (AvgIpc) is 2.78. The first-order valence-electron chi connectivity index (χ1n) is 4.63. The molecule has 1 aromatic heterocycles. The van der Waals surface area contributed by atoms with Gasteiger partial charge in [0.1, 0.15) is 5.75 Å². The molecule has 16 heavy (non-hydrogen) atoms. The van der Waals surface area contributed by atoms with Gasteiger partial charge in [-0.05, 0) is 45.8 Å². The smallest absolute Gasteiger partial charge is 0.160 e. The Morgan fingerprint density at radius 3 is 2.75 bits per heavy atom. The Bertz CT molecular complexity index is 519. The van der Waals surface area contributed by atoms with Crippen LogP contribution >= 0.6 is 27.3 Å². The van der Waals surface area contributed by atoms with Gasteiger partial charge in [0.2, 0.25) is 0 Å². The van der Waals surface area contributed by atoms with Crippen LogP contribution in [-0.2, 0) is 0 Å². The lowest BCUT2D eigenvalue weighted by Gasteiger charge is -2.04. The Morgan fingerprint density at radius 1 is 1.31 bits per heavy atom. The minimum Gasteiger partial charge on any atom is -0.496 e. The maximum absolute atomic E-state index is 10.6. The summed E-state index contributed by atoms with van der Waals surface area (Å²) in [4.78, 5) is 12.4. The van der Waals surface area contributed by atoms with Crippen molar-refractivity contribution in [3.05, 3.63) is 39.7 Å². The molecule has 4 heteroatoms. The third-order valence-electron chi connectivity index (χ3n) is 2.18. The summed E-state index contributed by atoms with van der Waals surface area (Å²) in [6.45, 7) is 0. The number of carbonyl (C=O) groups is 1. The highest BCUT2D eigenvalue weighted by Crippen LogP contribution is 2.33. The second-order valence-corrected chi connectivity index (χ2v) is 5.14. The Morgan fingerprint density at radius 2 is 2.12 bits per heavy atom. The Labute approximate surface area is 106 Å². The summed E-state index contributed by atoms with van der Waals surface area (Å²) >= 11 is 4.88. The van der Waals surface area contributed by atoms with E-state index in [4.69, 9.17) is 4.74 Å². The summed E-state index contributed by atoms with van der Waals surface area (Å²) in [5, 5.41) is 0. The van der Waals surface area contributed by atoms with Crippen molar-refractivity contribution in [3.63, 3.8) is 0 Å². The fourth-order valence-corrected chi connectivity index (χ4v) is 2.61. The highest BCUT2D eigenvalue weighted by Gasteiger charge is 2.06. The molecule has 82 valence electrons. The van der Waals surface area contributed by atoms with Crippen molar-refractivity contribution in [2.45, 2.75) is 0 Å². The van der Waals surface area contributed by atoms with E-state index in [0.29, 0.717) is 0 Å². The van der Waals surface area contributed by atoms with Gasteiger partial charge in [0, 0.05) is 4.88 Å². The zero-order valence-corrected chi connectivity index (χ0v) is 11.0. The first-order valence-corrected chi connectivity index (χ1v) is 6.24. The van der Waals surface area contributed by atoms with Gasteiger partial charge < -0.3 is 4.74 Å². The summed E-state index contributed by atoms with van der Waals surface area (Å²) in [5.74, 6) is 0.790. The number of ether oxygens (including phenoxy) is 1. The van der Waals surface area contributed by atoms with Gasteiger partial charge in [0.15, 0.2) is 6.29 Å². The van der Waals surface area contributed by atoms with Crippen LogP contribution in [0.5, 0.6) is 5.75 Å². The second kappa shape index (κ2) is 4.80. The molecule has 1 heterocycles. The normalized spacial score (nSPS) is 10.1. The van der Waals surface area contributed by atoms with Crippen LogP contribution in [0.1, 0.15) is 9.67 Å². The van der Waals surface area contributed by atoms with Crippen molar-refractivity contribution < 1.29 is 9.53 Å².